The number of anilines is 2. The van der Waals surface area contributed by atoms with Crippen LogP contribution in [0.2, 0.25) is 0 Å². The average Bonchev–Trinajstić information content (AvgIpc) is 3.45. The number of methoxy groups -OCH3 is 4. The zero-order valence-electron chi connectivity index (χ0n) is 22.7. The average molecular weight is 617 g/mol. The van der Waals surface area contributed by atoms with Crippen LogP contribution < -0.4 is 28.6 Å². The fourth-order valence-corrected chi connectivity index (χ4v) is 6.89. The number of nitrogens with one attached hydrogen (secondary N) is 1. The molecule has 0 fully saturated rings. The Bertz CT molecular complexity index is 1600. The first-order chi connectivity index (χ1) is 19.8. The van der Waals surface area contributed by atoms with E-state index in [2.05, 4.69) is 15.5 Å². The van der Waals surface area contributed by atoms with E-state index in [1.165, 1.54) is 75.8 Å². The molecule has 0 unspecified atom stereocenters. The second-order valence-corrected chi connectivity index (χ2v) is 12.3. The Morgan fingerprint density at radius 1 is 0.878 bits per heavy atom. The van der Waals surface area contributed by atoms with Crippen LogP contribution in [0.4, 0.5) is 10.8 Å². The topological polar surface area (TPSA) is 129 Å². The molecule has 4 rings (SSSR count). The third-order valence-corrected chi connectivity index (χ3v) is 9.54. The second-order valence-electron chi connectivity index (χ2n) is 8.26. The van der Waals surface area contributed by atoms with Crippen molar-refractivity contribution < 1.29 is 32.2 Å². The summed E-state index contributed by atoms with van der Waals surface area (Å²) in [5, 5.41) is 11.1. The molecule has 1 aromatic heterocycles. The third kappa shape index (κ3) is 7.20. The Morgan fingerprint density at radius 3 is 2.27 bits per heavy atom. The summed E-state index contributed by atoms with van der Waals surface area (Å²) in [6.45, 7) is -0.591. The summed E-state index contributed by atoms with van der Waals surface area (Å²) in [5.41, 5.74) is 1.23. The van der Waals surface area contributed by atoms with Crippen molar-refractivity contribution in [1.82, 2.24) is 10.2 Å². The molecule has 0 radical (unpaired) electrons. The van der Waals surface area contributed by atoms with Crippen molar-refractivity contribution in [2.75, 3.05) is 44.6 Å². The van der Waals surface area contributed by atoms with Crippen molar-refractivity contribution >= 4 is 49.8 Å². The summed E-state index contributed by atoms with van der Waals surface area (Å²) in [6.07, 6.45) is 0. The fourth-order valence-electron chi connectivity index (χ4n) is 3.72. The van der Waals surface area contributed by atoms with E-state index in [1.807, 2.05) is 30.3 Å². The van der Waals surface area contributed by atoms with Gasteiger partial charge in [-0.2, -0.15) is 0 Å². The maximum Gasteiger partial charge on any atom is 0.265 e. The normalized spacial score (nSPS) is 11.0. The maximum absolute atomic E-state index is 14.0. The summed E-state index contributed by atoms with van der Waals surface area (Å²) in [4.78, 5) is 13.1. The lowest BCUT2D eigenvalue weighted by Gasteiger charge is -2.26. The number of ether oxygens (including phenoxy) is 4. The van der Waals surface area contributed by atoms with Crippen LogP contribution in [-0.4, -0.2) is 59.5 Å². The number of nitrogens with zero attached hydrogens (tertiary/aromatic N) is 3. The van der Waals surface area contributed by atoms with Crippen molar-refractivity contribution in [2.24, 2.45) is 0 Å². The smallest absolute Gasteiger partial charge is 0.265 e. The molecule has 0 bridgehead atoms. The standard InChI is InChI=1S/C27H28N4O7S3/c1-35-19-10-12-22(36-2)21(14-19)31(41(33,34)20-11-13-23(37-3)24(15-20)38-4)16-25(32)28-26-29-30-27(40-26)39-17-18-8-6-5-7-9-18/h5-15H,16-17H2,1-4H3,(H,28,29,32). The Kier molecular flexibility index (Phi) is 9.91. The lowest BCUT2D eigenvalue weighted by molar-refractivity contribution is -0.114. The molecule has 0 aliphatic rings. The predicted octanol–water partition coefficient (Wildman–Crippen LogP) is 4.70. The van der Waals surface area contributed by atoms with Crippen molar-refractivity contribution in [3.05, 3.63) is 72.3 Å². The van der Waals surface area contributed by atoms with Crippen LogP contribution in [0.5, 0.6) is 23.0 Å². The summed E-state index contributed by atoms with van der Waals surface area (Å²) in [6, 6.07) is 18.7. The van der Waals surface area contributed by atoms with Crippen molar-refractivity contribution in [3.8, 4) is 23.0 Å². The van der Waals surface area contributed by atoms with Crippen LogP contribution >= 0.6 is 23.1 Å². The van der Waals surface area contributed by atoms with E-state index in [9.17, 15) is 13.2 Å². The first-order valence-electron chi connectivity index (χ1n) is 12.1. The van der Waals surface area contributed by atoms with E-state index in [1.54, 1.807) is 12.1 Å². The minimum absolute atomic E-state index is 0.105. The largest absolute Gasteiger partial charge is 0.497 e. The highest BCUT2D eigenvalue weighted by atomic mass is 32.2. The van der Waals surface area contributed by atoms with E-state index in [0.29, 0.717) is 21.6 Å². The number of hydrogen-bond donors (Lipinski definition) is 1. The van der Waals surface area contributed by atoms with Gasteiger partial charge in [-0.15, -0.1) is 10.2 Å². The lowest BCUT2D eigenvalue weighted by Crippen LogP contribution is -2.38. The molecule has 1 amide bonds. The number of aromatic nitrogens is 2. The Balaban J connectivity index is 1.62. The quantitative estimate of drug-likeness (QED) is 0.167. The Morgan fingerprint density at radius 2 is 1.59 bits per heavy atom. The zero-order chi connectivity index (χ0) is 29.4. The van der Waals surface area contributed by atoms with E-state index in [-0.39, 0.29) is 27.2 Å². The number of thioether (sulfide) groups is 1. The highest BCUT2D eigenvalue weighted by Gasteiger charge is 2.31. The minimum atomic E-state index is -4.33. The van der Waals surface area contributed by atoms with Gasteiger partial charge in [0.15, 0.2) is 15.8 Å². The number of benzene rings is 3. The third-order valence-electron chi connectivity index (χ3n) is 5.74. The van der Waals surface area contributed by atoms with Crippen LogP contribution in [-0.2, 0) is 20.6 Å². The lowest BCUT2D eigenvalue weighted by atomic mass is 10.2. The van der Waals surface area contributed by atoms with Gasteiger partial charge in [-0.1, -0.05) is 53.4 Å². The number of amides is 1. The summed E-state index contributed by atoms with van der Waals surface area (Å²) in [7, 11) is 1.38. The summed E-state index contributed by atoms with van der Waals surface area (Å²) >= 11 is 2.68. The zero-order valence-corrected chi connectivity index (χ0v) is 25.1. The van der Waals surface area contributed by atoms with Gasteiger partial charge in [0.1, 0.15) is 18.0 Å². The van der Waals surface area contributed by atoms with Gasteiger partial charge < -0.3 is 18.9 Å². The van der Waals surface area contributed by atoms with Gasteiger partial charge in [0.05, 0.1) is 39.0 Å². The Hall–Kier alpha value is -4.01. The molecule has 0 atom stereocenters. The van der Waals surface area contributed by atoms with E-state index >= 15 is 0 Å². The minimum Gasteiger partial charge on any atom is -0.497 e. The van der Waals surface area contributed by atoms with Gasteiger partial charge in [0, 0.05) is 17.9 Å². The Labute approximate surface area is 246 Å². The van der Waals surface area contributed by atoms with Crippen LogP contribution in [0, 0.1) is 0 Å². The maximum atomic E-state index is 14.0. The van der Waals surface area contributed by atoms with Gasteiger partial charge in [-0.25, -0.2) is 8.42 Å². The van der Waals surface area contributed by atoms with E-state index < -0.39 is 22.5 Å². The van der Waals surface area contributed by atoms with Crippen molar-refractivity contribution in [2.45, 2.75) is 15.0 Å². The molecule has 0 saturated heterocycles. The van der Waals surface area contributed by atoms with Crippen LogP contribution in [0.3, 0.4) is 0 Å². The molecule has 3 aromatic carbocycles. The van der Waals surface area contributed by atoms with Crippen LogP contribution in [0.25, 0.3) is 0 Å². The van der Waals surface area contributed by atoms with Gasteiger partial charge in [0.25, 0.3) is 10.0 Å². The number of carbonyl (C=O) groups excluding carboxylic acids is 1. The highest BCUT2D eigenvalue weighted by molar-refractivity contribution is 8.00. The molecular weight excluding hydrogens is 589 g/mol. The van der Waals surface area contributed by atoms with E-state index in [0.717, 1.165) is 9.87 Å². The van der Waals surface area contributed by atoms with Crippen LogP contribution in [0.15, 0.2) is 76.0 Å². The number of rotatable bonds is 13. The van der Waals surface area contributed by atoms with Crippen LogP contribution in [0.1, 0.15) is 5.56 Å². The molecule has 4 aromatic rings. The number of sulfonamides is 1. The molecule has 1 N–H and O–H groups in total. The molecule has 0 spiro atoms. The van der Waals surface area contributed by atoms with Gasteiger partial charge in [-0.05, 0) is 29.8 Å². The van der Waals surface area contributed by atoms with Crippen molar-refractivity contribution in [3.63, 3.8) is 0 Å². The number of hydrogen-bond acceptors (Lipinski definition) is 11. The van der Waals surface area contributed by atoms with Gasteiger partial charge >= 0.3 is 0 Å². The summed E-state index contributed by atoms with van der Waals surface area (Å²) < 4.78 is 50.9. The molecular formula is C27H28N4O7S3. The highest BCUT2D eigenvalue weighted by Crippen LogP contribution is 2.38. The molecule has 11 nitrogen and oxygen atoms in total. The molecule has 14 heteroatoms. The molecule has 0 saturated carbocycles. The predicted molar refractivity (Wildman–Crippen MR) is 158 cm³/mol. The molecule has 1 heterocycles. The molecule has 0 aliphatic carbocycles. The van der Waals surface area contributed by atoms with Crippen molar-refractivity contribution in [1.29, 1.82) is 0 Å². The fraction of sp³-hybridized carbons (Fsp3) is 0.222. The van der Waals surface area contributed by atoms with E-state index in [4.69, 9.17) is 18.9 Å². The monoisotopic (exact) mass is 616 g/mol. The first kappa shape index (κ1) is 30.0. The second kappa shape index (κ2) is 13.6. The van der Waals surface area contributed by atoms with Gasteiger partial charge in [0.2, 0.25) is 11.0 Å². The molecule has 0 aliphatic heterocycles. The molecule has 41 heavy (non-hydrogen) atoms. The number of carbonyl (C=O) groups is 1. The summed E-state index contributed by atoms with van der Waals surface area (Å²) in [5.74, 6) is 1.22. The first-order valence-corrected chi connectivity index (χ1v) is 15.3. The molecule has 216 valence electrons. The van der Waals surface area contributed by atoms with Gasteiger partial charge in [-0.3, -0.25) is 14.4 Å². The SMILES string of the molecule is COc1ccc(OC)c(N(CC(=O)Nc2nnc(SCc3ccccc3)s2)S(=O)(=O)c2ccc(OC)c(OC)c2)c1.